The van der Waals surface area contributed by atoms with Crippen molar-refractivity contribution in [1.29, 1.82) is 0 Å². The summed E-state index contributed by atoms with van der Waals surface area (Å²) in [6, 6.07) is 65.6. The molecule has 1 aliphatic carbocycles. The Hall–Kier alpha value is -9.85. The largest absolute Gasteiger partial charge is 0.456 e. The number of furan rings is 2. The Bertz CT molecular complexity index is 4780. The smallest absolute Gasteiger partial charge is 0.238 e. The van der Waals surface area contributed by atoms with E-state index in [-0.39, 0.29) is 0 Å². The Kier molecular flexibility index (Phi) is 9.25. The zero-order valence-electron chi connectivity index (χ0n) is 40.1. The third kappa shape index (κ3) is 6.36. The summed E-state index contributed by atoms with van der Waals surface area (Å²) in [4.78, 5) is 15.9. The van der Waals surface area contributed by atoms with Crippen LogP contribution in [0.3, 0.4) is 0 Å². The van der Waals surface area contributed by atoms with Crippen LogP contribution in [0.5, 0.6) is 0 Å². The number of fused-ring (bicyclic) bond motifs is 14. The maximum Gasteiger partial charge on any atom is 0.238 e. The number of allylic oxidation sites excluding steroid dienone is 8. The van der Waals surface area contributed by atoms with Crippen molar-refractivity contribution in [2.45, 2.75) is 12.8 Å². The van der Waals surface area contributed by atoms with E-state index in [2.05, 4.69) is 186 Å². The molecule has 14 aromatic rings. The molecule has 7 nitrogen and oxygen atoms in total. The Balaban J connectivity index is 0.931. The van der Waals surface area contributed by atoms with Gasteiger partial charge in [-0.25, -0.2) is 4.98 Å². The molecule has 0 radical (unpaired) electrons. The monoisotopic (exact) mass is 949 g/mol. The Morgan fingerprint density at radius 2 is 1.19 bits per heavy atom. The lowest BCUT2D eigenvalue weighted by Crippen LogP contribution is -2.08. The highest BCUT2D eigenvalue weighted by Gasteiger charge is 2.24. The first-order chi connectivity index (χ1) is 36.6. The molecular weight excluding hydrogens is 907 g/mol. The second kappa shape index (κ2) is 16.3. The molecule has 1 aliphatic rings. The molecule has 7 heteroatoms. The van der Waals surface area contributed by atoms with Gasteiger partial charge in [0.25, 0.3) is 0 Å². The van der Waals surface area contributed by atoms with Crippen molar-refractivity contribution in [2.24, 2.45) is 0 Å². The van der Waals surface area contributed by atoms with Gasteiger partial charge >= 0.3 is 0 Å². The van der Waals surface area contributed by atoms with E-state index in [1.807, 2.05) is 42.5 Å². The number of aromatic nitrogens is 5. The van der Waals surface area contributed by atoms with Gasteiger partial charge in [-0.05, 0) is 83.3 Å². The highest BCUT2D eigenvalue weighted by atomic mass is 16.3. The van der Waals surface area contributed by atoms with Crippen LogP contribution in [0, 0.1) is 0 Å². The molecule has 74 heavy (non-hydrogen) atoms. The van der Waals surface area contributed by atoms with Crippen molar-refractivity contribution >= 4 is 121 Å². The minimum Gasteiger partial charge on any atom is -0.456 e. The first-order valence-electron chi connectivity index (χ1n) is 25.0. The van der Waals surface area contributed by atoms with E-state index in [9.17, 15) is 0 Å². The van der Waals surface area contributed by atoms with Crippen LogP contribution in [0.1, 0.15) is 29.8 Å². The van der Waals surface area contributed by atoms with Gasteiger partial charge < -0.3 is 13.4 Å². The standard InChI is InChI=1S/C67H43N5O2/c1-3-41(65-68-66(45-33-35-53-51-23-8-12-31-59(51)73-61(53)39-45)70-67(69-65)72-56-29-10-6-21-49(56)50-22-7-11-30-57(50)72)37-40(2)71-58-36-34-42-17-4-5-20-46(42)62(58)55-28-15-25-47(63(55)71)43-18-14-19-44(38-43)48-26-16-27-54-52-24-9-13-32-60(52)74-64(48)54/h3-13,15-17,19-39H,1-2,14,18H2/b41-37+. The quantitative estimate of drug-likeness (QED) is 0.142. The van der Waals surface area contributed by atoms with Gasteiger partial charge in [0.2, 0.25) is 5.95 Å². The van der Waals surface area contributed by atoms with Crippen molar-refractivity contribution in [1.82, 2.24) is 24.1 Å². The Morgan fingerprint density at radius 3 is 1.97 bits per heavy atom. The molecule has 15 rings (SSSR count). The molecule has 0 aliphatic heterocycles. The van der Waals surface area contributed by atoms with Crippen molar-refractivity contribution in [3.8, 4) is 17.3 Å². The normalized spacial score (nSPS) is 13.4. The molecule has 0 fully saturated rings. The SMILES string of the molecule is C=C/C(=C\C(=C)n1c2ccc3ccccc3c2c2cccc(C3=CC(c4cccc5c4oc4ccccc45)=CCC3)c21)c1nc(-c2ccc3c(c2)oc2ccccc23)nc(-n2c3ccccc3c3ccccc32)n1. The molecule has 348 valence electrons. The summed E-state index contributed by atoms with van der Waals surface area (Å²) in [5, 5.41) is 11.2. The number of para-hydroxylation sites is 6. The summed E-state index contributed by atoms with van der Waals surface area (Å²) in [6.45, 7) is 9.29. The summed E-state index contributed by atoms with van der Waals surface area (Å²) in [7, 11) is 0. The fourth-order valence-electron chi connectivity index (χ4n) is 11.7. The predicted molar refractivity (Wildman–Crippen MR) is 306 cm³/mol. The molecule has 9 aromatic carbocycles. The van der Waals surface area contributed by atoms with E-state index in [1.54, 1.807) is 0 Å². The molecule has 0 spiro atoms. The molecule has 0 bridgehead atoms. The predicted octanol–water partition coefficient (Wildman–Crippen LogP) is 17.7. The van der Waals surface area contributed by atoms with E-state index in [0.717, 1.165) is 123 Å². The Labute approximate surface area is 424 Å². The van der Waals surface area contributed by atoms with Crippen LogP contribution >= 0.6 is 0 Å². The van der Waals surface area contributed by atoms with Gasteiger partial charge in [0.15, 0.2) is 11.6 Å². The highest BCUT2D eigenvalue weighted by Crippen LogP contribution is 2.44. The highest BCUT2D eigenvalue weighted by molar-refractivity contribution is 6.24. The van der Waals surface area contributed by atoms with Crippen LogP contribution in [0.15, 0.2) is 234 Å². The lowest BCUT2D eigenvalue weighted by Gasteiger charge is -2.18. The Morgan fingerprint density at radius 1 is 0.541 bits per heavy atom. The number of nitrogens with zero attached hydrogens (tertiary/aromatic N) is 5. The molecule has 0 saturated heterocycles. The van der Waals surface area contributed by atoms with Crippen LogP contribution in [0.2, 0.25) is 0 Å². The summed E-state index contributed by atoms with van der Waals surface area (Å²) in [5.74, 6) is 1.45. The molecule has 0 N–H and O–H groups in total. The van der Waals surface area contributed by atoms with E-state index < -0.39 is 0 Å². The summed E-state index contributed by atoms with van der Waals surface area (Å²) in [5.41, 5.74) is 14.4. The minimum absolute atomic E-state index is 0.462. The van der Waals surface area contributed by atoms with Gasteiger partial charge in [0, 0.05) is 71.1 Å². The number of rotatable bonds is 8. The first-order valence-corrected chi connectivity index (χ1v) is 25.0. The van der Waals surface area contributed by atoms with Gasteiger partial charge in [0.05, 0.1) is 22.1 Å². The molecule has 5 heterocycles. The van der Waals surface area contributed by atoms with E-state index >= 15 is 0 Å². The van der Waals surface area contributed by atoms with Crippen molar-refractivity contribution < 1.29 is 8.83 Å². The third-order valence-corrected chi connectivity index (χ3v) is 15.0. The maximum absolute atomic E-state index is 6.57. The van der Waals surface area contributed by atoms with Gasteiger partial charge in [-0.15, -0.1) is 0 Å². The van der Waals surface area contributed by atoms with Crippen molar-refractivity contribution in [2.75, 3.05) is 0 Å². The number of benzene rings is 9. The van der Waals surface area contributed by atoms with Crippen LogP contribution in [0.4, 0.5) is 0 Å². The first kappa shape index (κ1) is 41.9. The topological polar surface area (TPSA) is 74.8 Å². The fourth-order valence-corrected chi connectivity index (χ4v) is 11.7. The number of hydrogen-bond donors (Lipinski definition) is 0. The summed E-state index contributed by atoms with van der Waals surface area (Å²) >= 11 is 0. The molecular formula is C67H43N5O2. The van der Waals surface area contributed by atoms with E-state index in [0.29, 0.717) is 23.2 Å². The van der Waals surface area contributed by atoms with Crippen LogP contribution in [-0.4, -0.2) is 24.1 Å². The average molecular weight is 950 g/mol. The van der Waals surface area contributed by atoms with Crippen molar-refractivity contribution in [3.63, 3.8) is 0 Å². The average Bonchev–Trinajstić information content (AvgIpc) is 4.22. The maximum atomic E-state index is 6.57. The van der Waals surface area contributed by atoms with E-state index in [4.69, 9.17) is 30.4 Å². The van der Waals surface area contributed by atoms with Crippen LogP contribution < -0.4 is 0 Å². The molecule has 0 amide bonds. The van der Waals surface area contributed by atoms with Gasteiger partial charge in [-0.3, -0.25) is 4.57 Å². The zero-order valence-corrected chi connectivity index (χ0v) is 40.1. The fraction of sp³-hybridized carbons (Fsp3) is 0.0299. The molecule has 0 atom stereocenters. The third-order valence-electron chi connectivity index (χ3n) is 15.0. The second-order valence-electron chi connectivity index (χ2n) is 19.1. The zero-order chi connectivity index (χ0) is 49.0. The van der Waals surface area contributed by atoms with Gasteiger partial charge in [-0.2, -0.15) is 9.97 Å². The van der Waals surface area contributed by atoms with Gasteiger partial charge in [-0.1, -0.05) is 177 Å². The van der Waals surface area contributed by atoms with E-state index in [1.165, 1.54) is 21.7 Å². The van der Waals surface area contributed by atoms with Gasteiger partial charge in [0.1, 0.15) is 22.3 Å². The summed E-state index contributed by atoms with van der Waals surface area (Å²) in [6.07, 6.45) is 10.4. The lowest BCUT2D eigenvalue weighted by molar-refractivity contribution is 0.667. The molecule has 0 unspecified atom stereocenters. The summed E-state index contributed by atoms with van der Waals surface area (Å²) < 4.78 is 17.4. The van der Waals surface area contributed by atoms with Crippen LogP contribution in [-0.2, 0) is 0 Å². The number of hydrogen-bond acceptors (Lipinski definition) is 5. The minimum atomic E-state index is 0.462. The van der Waals surface area contributed by atoms with Crippen molar-refractivity contribution in [3.05, 3.63) is 242 Å². The molecule has 0 saturated carbocycles. The van der Waals surface area contributed by atoms with Crippen LogP contribution in [0.25, 0.3) is 138 Å². The second-order valence-corrected chi connectivity index (χ2v) is 19.1. The lowest BCUT2D eigenvalue weighted by atomic mass is 9.89. The molecule has 5 aromatic heterocycles.